The molecular formula is C14H27N3OS. The Balaban J connectivity index is 1.72. The number of hydrogen-bond donors (Lipinski definition) is 2. The van der Waals surface area contributed by atoms with Crippen molar-refractivity contribution in [3.63, 3.8) is 0 Å². The van der Waals surface area contributed by atoms with E-state index in [1.54, 1.807) is 0 Å². The molecule has 0 radical (unpaired) electrons. The summed E-state index contributed by atoms with van der Waals surface area (Å²) in [7, 11) is 0. The van der Waals surface area contributed by atoms with Crippen molar-refractivity contribution in [2.45, 2.75) is 26.2 Å². The smallest absolute Gasteiger partial charge is 0.191 e. The van der Waals surface area contributed by atoms with Gasteiger partial charge < -0.3 is 15.4 Å². The van der Waals surface area contributed by atoms with Gasteiger partial charge in [-0.25, -0.2) is 0 Å². The highest BCUT2D eigenvalue weighted by Crippen LogP contribution is 2.21. The van der Waals surface area contributed by atoms with E-state index in [1.165, 1.54) is 24.3 Å². The molecule has 0 aliphatic carbocycles. The average Bonchev–Trinajstić information content (AvgIpc) is 2.96. The summed E-state index contributed by atoms with van der Waals surface area (Å²) in [5, 5.41) is 6.84. The van der Waals surface area contributed by atoms with Crippen molar-refractivity contribution in [3.8, 4) is 0 Å². The monoisotopic (exact) mass is 285 g/mol. The van der Waals surface area contributed by atoms with E-state index in [9.17, 15) is 0 Å². The van der Waals surface area contributed by atoms with Crippen molar-refractivity contribution in [2.75, 3.05) is 44.4 Å². The van der Waals surface area contributed by atoms with Gasteiger partial charge in [0.2, 0.25) is 0 Å². The first-order valence-electron chi connectivity index (χ1n) is 7.56. The lowest BCUT2D eigenvalue weighted by Gasteiger charge is -2.22. The second-order valence-electron chi connectivity index (χ2n) is 5.39. The molecule has 0 bridgehead atoms. The van der Waals surface area contributed by atoms with Crippen molar-refractivity contribution in [1.29, 1.82) is 0 Å². The van der Waals surface area contributed by atoms with Gasteiger partial charge in [0.15, 0.2) is 5.96 Å². The van der Waals surface area contributed by atoms with E-state index in [-0.39, 0.29) is 0 Å². The van der Waals surface area contributed by atoms with Crippen molar-refractivity contribution in [2.24, 2.45) is 16.8 Å². The fraction of sp³-hybridized carbons (Fsp3) is 0.929. The van der Waals surface area contributed by atoms with Gasteiger partial charge in [-0.2, -0.15) is 11.8 Å². The third-order valence-electron chi connectivity index (χ3n) is 3.77. The van der Waals surface area contributed by atoms with Gasteiger partial charge in [-0.05, 0) is 43.6 Å². The lowest BCUT2D eigenvalue weighted by Crippen LogP contribution is -2.40. The molecule has 2 aliphatic heterocycles. The standard InChI is InChI=1S/C14H27N3OS/c1-2-15-14(17-10-13-3-6-18-11-13)16-9-12-4-7-19-8-5-12/h12-13H,2-11H2,1H3,(H2,15,16,17). The molecule has 5 heteroatoms. The van der Waals surface area contributed by atoms with Crippen LogP contribution in [0.2, 0.25) is 0 Å². The molecule has 2 aliphatic rings. The summed E-state index contributed by atoms with van der Waals surface area (Å²) >= 11 is 2.08. The summed E-state index contributed by atoms with van der Waals surface area (Å²) in [6.45, 7) is 6.77. The molecule has 2 heterocycles. The maximum Gasteiger partial charge on any atom is 0.191 e. The van der Waals surface area contributed by atoms with Crippen LogP contribution in [-0.4, -0.2) is 50.3 Å². The predicted octanol–water partition coefficient (Wildman–Crippen LogP) is 1.72. The van der Waals surface area contributed by atoms with Gasteiger partial charge in [0, 0.05) is 32.2 Å². The Morgan fingerprint density at radius 2 is 2.05 bits per heavy atom. The molecule has 2 rings (SSSR count). The molecule has 2 fully saturated rings. The largest absolute Gasteiger partial charge is 0.381 e. The van der Waals surface area contributed by atoms with Gasteiger partial charge >= 0.3 is 0 Å². The van der Waals surface area contributed by atoms with Gasteiger partial charge in [0.25, 0.3) is 0 Å². The van der Waals surface area contributed by atoms with Crippen LogP contribution < -0.4 is 10.6 Å². The fourth-order valence-corrected chi connectivity index (χ4v) is 3.69. The van der Waals surface area contributed by atoms with Crippen LogP contribution in [-0.2, 0) is 4.74 Å². The number of ether oxygens (including phenoxy) is 1. The molecule has 0 aromatic carbocycles. The highest BCUT2D eigenvalue weighted by molar-refractivity contribution is 7.99. The van der Waals surface area contributed by atoms with Crippen LogP contribution in [0, 0.1) is 11.8 Å². The first-order valence-corrected chi connectivity index (χ1v) is 8.71. The number of thioether (sulfide) groups is 1. The van der Waals surface area contributed by atoms with Crippen LogP contribution in [0.3, 0.4) is 0 Å². The Morgan fingerprint density at radius 1 is 1.21 bits per heavy atom. The van der Waals surface area contributed by atoms with Crippen LogP contribution in [0.5, 0.6) is 0 Å². The van der Waals surface area contributed by atoms with Gasteiger partial charge in [-0.15, -0.1) is 0 Å². The first-order chi connectivity index (χ1) is 9.38. The topological polar surface area (TPSA) is 45.7 Å². The number of nitrogens with zero attached hydrogens (tertiary/aromatic N) is 1. The van der Waals surface area contributed by atoms with Crippen molar-refractivity contribution >= 4 is 17.7 Å². The zero-order valence-corrected chi connectivity index (χ0v) is 12.8. The Kier molecular flexibility index (Phi) is 6.85. The van der Waals surface area contributed by atoms with Gasteiger partial charge in [-0.1, -0.05) is 0 Å². The van der Waals surface area contributed by atoms with E-state index in [1.807, 2.05) is 0 Å². The average molecular weight is 285 g/mol. The molecule has 0 amide bonds. The van der Waals surface area contributed by atoms with Gasteiger partial charge in [0.05, 0.1) is 6.61 Å². The van der Waals surface area contributed by atoms with Crippen molar-refractivity contribution < 1.29 is 4.74 Å². The molecule has 2 N–H and O–H groups in total. The van der Waals surface area contributed by atoms with Crippen LogP contribution >= 0.6 is 11.8 Å². The zero-order valence-electron chi connectivity index (χ0n) is 12.0. The minimum atomic E-state index is 0.613. The minimum absolute atomic E-state index is 0.613. The van der Waals surface area contributed by atoms with E-state index in [4.69, 9.17) is 4.74 Å². The lowest BCUT2D eigenvalue weighted by molar-refractivity contribution is 0.187. The maximum absolute atomic E-state index is 5.39. The SMILES string of the molecule is CCNC(=NCC1CCOC1)NCC1CCSCC1. The molecule has 0 spiro atoms. The molecule has 1 atom stereocenters. The van der Waals surface area contributed by atoms with E-state index in [2.05, 4.69) is 34.3 Å². The third kappa shape index (κ3) is 5.61. The quantitative estimate of drug-likeness (QED) is 0.596. The van der Waals surface area contributed by atoms with Crippen LogP contribution in [0.25, 0.3) is 0 Å². The molecule has 1 unspecified atom stereocenters. The number of rotatable bonds is 5. The van der Waals surface area contributed by atoms with E-state index < -0.39 is 0 Å². The highest BCUT2D eigenvalue weighted by Gasteiger charge is 2.16. The van der Waals surface area contributed by atoms with E-state index in [0.29, 0.717) is 5.92 Å². The zero-order chi connectivity index (χ0) is 13.3. The third-order valence-corrected chi connectivity index (χ3v) is 4.82. The molecule has 19 heavy (non-hydrogen) atoms. The Hall–Kier alpha value is -0.420. The Morgan fingerprint density at radius 3 is 2.74 bits per heavy atom. The normalized spacial score (nSPS) is 25.5. The number of nitrogens with one attached hydrogen (secondary N) is 2. The Bertz CT molecular complexity index is 274. The molecule has 0 aromatic heterocycles. The molecule has 110 valence electrons. The lowest BCUT2D eigenvalue weighted by atomic mass is 10.0. The second kappa shape index (κ2) is 8.69. The Labute approximate surface area is 121 Å². The summed E-state index contributed by atoms with van der Waals surface area (Å²) in [5.41, 5.74) is 0. The van der Waals surface area contributed by atoms with Gasteiger partial charge in [0.1, 0.15) is 0 Å². The summed E-state index contributed by atoms with van der Waals surface area (Å²) in [5.74, 6) is 5.05. The summed E-state index contributed by atoms with van der Waals surface area (Å²) < 4.78 is 5.39. The van der Waals surface area contributed by atoms with Gasteiger partial charge in [-0.3, -0.25) is 4.99 Å². The molecule has 2 saturated heterocycles. The fourth-order valence-electron chi connectivity index (χ4n) is 2.48. The second-order valence-corrected chi connectivity index (χ2v) is 6.61. The highest BCUT2D eigenvalue weighted by atomic mass is 32.2. The molecule has 0 saturated carbocycles. The number of hydrogen-bond acceptors (Lipinski definition) is 3. The molecule has 0 aromatic rings. The minimum Gasteiger partial charge on any atom is -0.381 e. The van der Waals surface area contributed by atoms with E-state index >= 15 is 0 Å². The number of guanidine groups is 1. The van der Waals surface area contributed by atoms with Crippen LogP contribution in [0.15, 0.2) is 4.99 Å². The van der Waals surface area contributed by atoms with Crippen LogP contribution in [0.1, 0.15) is 26.2 Å². The van der Waals surface area contributed by atoms with Crippen molar-refractivity contribution in [1.82, 2.24) is 10.6 Å². The summed E-state index contributed by atoms with van der Waals surface area (Å²) in [6, 6.07) is 0. The first kappa shape index (κ1) is 15.0. The number of aliphatic imine (C=N–C) groups is 1. The molecule has 4 nitrogen and oxygen atoms in total. The molecular weight excluding hydrogens is 258 g/mol. The predicted molar refractivity (Wildman–Crippen MR) is 83.0 cm³/mol. The van der Waals surface area contributed by atoms with Crippen molar-refractivity contribution in [3.05, 3.63) is 0 Å². The summed E-state index contributed by atoms with van der Waals surface area (Å²) in [4.78, 5) is 4.69. The summed E-state index contributed by atoms with van der Waals surface area (Å²) in [6.07, 6.45) is 3.84. The van der Waals surface area contributed by atoms with E-state index in [0.717, 1.165) is 51.1 Å². The maximum atomic E-state index is 5.39. The van der Waals surface area contributed by atoms with Crippen LogP contribution in [0.4, 0.5) is 0 Å².